The Kier molecular flexibility index (Phi) is 2.33. The molecule has 0 bridgehead atoms. The third-order valence-corrected chi connectivity index (χ3v) is 1.48. The number of nitrogens with two attached hydrogens (primary N) is 1. The molecule has 0 saturated heterocycles. The van der Waals surface area contributed by atoms with Gasteiger partial charge < -0.3 is 10.5 Å². The Labute approximate surface area is 71.9 Å². The average molecular weight is 192 g/mol. The number of anilines is 1. The molecular weight excluding hydrogens is 185 g/mol. The number of benzene rings is 1. The van der Waals surface area contributed by atoms with E-state index in [1.165, 1.54) is 6.07 Å². The molecule has 1 rings (SSSR count). The van der Waals surface area contributed by atoms with Crippen LogP contribution in [-0.4, -0.2) is 5.11 Å². The van der Waals surface area contributed by atoms with Gasteiger partial charge in [-0.05, 0) is 12.1 Å². The number of aromatic hydroxyl groups is 1. The Morgan fingerprint density at radius 3 is 2.31 bits per heavy atom. The van der Waals surface area contributed by atoms with E-state index in [1.807, 2.05) is 5.43 Å². The average Bonchev–Trinajstić information content (AvgIpc) is 2.01. The molecule has 6 heteroatoms. The standard InChI is InChI=1S/C7H7F3N2O/c8-7(9,10)6-4(12-11)2-1-3-5(6)13/h1-3,12-13H,11H2. The van der Waals surface area contributed by atoms with Crippen LogP contribution in [0.1, 0.15) is 5.56 Å². The fourth-order valence-corrected chi connectivity index (χ4v) is 0.958. The van der Waals surface area contributed by atoms with E-state index < -0.39 is 17.5 Å². The third kappa shape index (κ3) is 1.83. The number of rotatable bonds is 1. The summed E-state index contributed by atoms with van der Waals surface area (Å²) in [5, 5.41) is 8.94. The van der Waals surface area contributed by atoms with E-state index in [0.29, 0.717) is 0 Å². The number of halogens is 3. The van der Waals surface area contributed by atoms with Gasteiger partial charge in [0, 0.05) is 0 Å². The van der Waals surface area contributed by atoms with E-state index in [0.717, 1.165) is 12.1 Å². The summed E-state index contributed by atoms with van der Waals surface area (Å²) in [6.07, 6.45) is -4.62. The molecule has 0 fully saturated rings. The maximum absolute atomic E-state index is 12.2. The lowest BCUT2D eigenvalue weighted by Gasteiger charge is -2.13. The van der Waals surface area contributed by atoms with Gasteiger partial charge in [0.2, 0.25) is 0 Å². The van der Waals surface area contributed by atoms with Crippen LogP contribution >= 0.6 is 0 Å². The predicted molar refractivity (Wildman–Crippen MR) is 40.9 cm³/mol. The highest BCUT2D eigenvalue weighted by Crippen LogP contribution is 2.40. The summed E-state index contributed by atoms with van der Waals surface area (Å²) in [7, 11) is 0. The van der Waals surface area contributed by atoms with E-state index in [9.17, 15) is 13.2 Å². The summed E-state index contributed by atoms with van der Waals surface area (Å²) in [6.45, 7) is 0. The number of hydrazine groups is 1. The minimum atomic E-state index is -4.62. The Balaban J connectivity index is 3.32. The van der Waals surface area contributed by atoms with Gasteiger partial charge in [0.15, 0.2) is 0 Å². The summed E-state index contributed by atoms with van der Waals surface area (Å²) >= 11 is 0. The molecule has 0 aromatic heterocycles. The fourth-order valence-electron chi connectivity index (χ4n) is 0.958. The summed E-state index contributed by atoms with van der Waals surface area (Å²) in [6, 6.07) is 3.34. The van der Waals surface area contributed by atoms with Gasteiger partial charge in [-0.1, -0.05) is 6.07 Å². The Morgan fingerprint density at radius 1 is 1.31 bits per heavy atom. The van der Waals surface area contributed by atoms with E-state index >= 15 is 0 Å². The Morgan fingerprint density at radius 2 is 1.92 bits per heavy atom. The van der Waals surface area contributed by atoms with Crippen LogP contribution in [0.5, 0.6) is 5.75 Å². The van der Waals surface area contributed by atoms with Crippen molar-refractivity contribution in [3.05, 3.63) is 23.8 Å². The van der Waals surface area contributed by atoms with Crippen molar-refractivity contribution >= 4 is 5.69 Å². The molecule has 4 N–H and O–H groups in total. The van der Waals surface area contributed by atoms with Crippen LogP contribution in [0.4, 0.5) is 18.9 Å². The summed E-state index contributed by atoms with van der Waals surface area (Å²) in [4.78, 5) is 0. The molecular formula is C7H7F3N2O. The first-order valence-electron chi connectivity index (χ1n) is 3.32. The molecule has 13 heavy (non-hydrogen) atoms. The lowest BCUT2D eigenvalue weighted by atomic mass is 10.1. The zero-order valence-corrected chi connectivity index (χ0v) is 6.39. The van der Waals surface area contributed by atoms with Crippen molar-refractivity contribution < 1.29 is 18.3 Å². The van der Waals surface area contributed by atoms with Crippen LogP contribution in [0.25, 0.3) is 0 Å². The summed E-state index contributed by atoms with van der Waals surface area (Å²) in [5.41, 5.74) is 0.354. The second kappa shape index (κ2) is 3.14. The number of nitrogens with one attached hydrogen (secondary N) is 1. The second-order valence-electron chi connectivity index (χ2n) is 2.34. The fraction of sp³-hybridized carbons (Fsp3) is 0.143. The normalized spacial score (nSPS) is 11.4. The topological polar surface area (TPSA) is 58.3 Å². The maximum atomic E-state index is 12.2. The van der Waals surface area contributed by atoms with Crippen LogP contribution in [0.3, 0.4) is 0 Å². The number of hydrogen-bond donors (Lipinski definition) is 3. The Hall–Kier alpha value is -1.43. The van der Waals surface area contributed by atoms with Crippen LogP contribution in [-0.2, 0) is 6.18 Å². The van der Waals surface area contributed by atoms with E-state index in [1.54, 1.807) is 0 Å². The SMILES string of the molecule is NNc1cccc(O)c1C(F)(F)F. The first-order valence-corrected chi connectivity index (χ1v) is 3.32. The molecule has 0 spiro atoms. The van der Waals surface area contributed by atoms with E-state index in [4.69, 9.17) is 10.9 Å². The number of phenols is 1. The molecule has 1 aromatic carbocycles. The van der Waals surface area contributed by atoms with Crippen molar-refractivity contribution in [1.82, 2.24) is 0 Å². The molecule has 0 saturated carbocycles. The van der Waals surface area contributed by atoms with Crippen molar-refractivity contribution in [2.75, 3.05) is 5.43 Å². The van der Waals surface area contributed by atoms with E-state index in [2.05, 4.69) is 0 Å². The Bertz CT molecular complexity index is 311. The highest BCUT2D eigenvalue weighted by atomic mass is 19.4. The van der Waals surface area contributed by atoms with E-state index in [-0.39, 0.29) is 5.69 Å². The van der Waals surface area contributed by atoms with Crippen LogP contribution in [0, 0.1) is 0 Å². The molecule has 72 valence electrons. The second-order valence-corrected chi connectivity index (χ2v) is 2.34. The molecule has 0 heterocycles. The van der Waals surface area contributed by atoms with Gasteiger partial charge >= 0.3 is 6.18 Å². The molecule has 0 radical (unpaired) electrons. The minimum absolute atomic E-state index is 0.354. The zero-order valence-electron chi connectivity index (χ0n) is 6.39. The molecule has 0 aliphatic carbocycles. The number of hydrogen-bond acceptors (Lipinski definition) is 3. The highest BCUT2D eigenvalue weighted by molar-refractivity contribution is 5.57. The number of alkyl halides is 3. The van der Waals surface area contributed by atoms with Crippen LogP contribution in [0.15, 0.2) is 18.2 Å². The van der Waals surface area contributed by atoms with Gasteiger partial charge in [-0.25, -0.2) is 0 Å². The summed E-state index contributed by atoms with van der Waals surface area (Å²) in [5.74, 6) is 4.01. The first kappa shape index (κ1) is 9.66. The largest absolute Gasteiger partial charge is 0.507 e. The maximum Gasteiger partial charge on any atom is 0.422 e. The summed E-state index contributed by atoms with van der Waals surface area (Å²) < 4.78 is 36.7. The third-order valence-electron chi connectivity index (χ3n) is 1.48. The van der Waals surface area contributed by atoms with Gasteiger partial charge in [0.05, 0.1) is 5.69 Å². The lowest BCUT2D eigenvalue weighted by Crippen LogP contribution is -2.14. The quantitative estimate of drug-likeness (QED) is 0.468. The number of phenolic OH excluding ortho intramolecular Hbond substituents is 1. The molecule has 0 atom stereocenters. The molecule has 0 aliphatic rings. The number of nitrogen functional groups attached to an aromatic ring is 1. The molecule has 1 aromatic rings. The van der Waals surface area contributed by atoms with Crippen molar-refractivity contribution in [3.63, 3.8) is 0 Å². The van der Waals surface area contributed by atoms with Crippen molar-refractivity contribution in [3.8, 4) is 5.75 Å². The first-order chi connectivity index (χ1) is 5.96. The van der Waals surface area contributed by atoms with Gasteiger partial charge in [0.25, 0.3) is 0 Å². The van der Waals surface area contributed by atoms with Gasteiger partial charge in [-0.3, -0.25) is 5.84 Å². The van der Waals surface area contributed by atoms with Crippen molar-refractivity contribution in [1.29, 1.82) is 0 Å². The minimum Gasteiger partial charge on any atom is -0.507 e. The molecule has 0 aliphatic heterocycles. The predicted octanol–water partition coefficient (Wildman–Crippen LogP) is 1.70. The van der Waals surface area contributed by atoms with Crippen molar-refractivity contribution in [2.24, 2.45) is 5.84 Å². The molecule has 3 nitrogen and oxygen atoms in total. The highest BCUT2D eigenvalue weighted by Gasteiger charge is 2.36. The van der Waals surface area contributed by atoms with Crippen LogP contribution in [0.2, 0.25) is 0 Å². The van der Waals surface area contributed by atoms with Gasteiger partial charge in [0.1, 0.15) is 11.3 Å². The molecule has 0 unspecified atom stereocenters. The van der Waals surface area contributed by atoms with Gasteiger partial charge in [-0.2, -0.15) is 13.2 Å². The lowest BCUT2D eigenvalue weighted by molar-refractivity contribution is -0.138. The molecule has 0 amide bonds. The monoisotopic (exact) mass is 192 g/mol. The zero-order chi connectivity index (χ0) is 10.1. The van der Waals surface area contributed by atoms with Gasteiger partial charge in [-0.15, -0.1) is 0 Å². The van der Waals surface area contributed by atoms with Crippen LogP contribution < -0.4 is 11.3 Å². The smallest absolute Gasteiger partial charge is 0.422 e. The van der Waals surface area contributed by atoms with Crippen molar-refractivity contribution in [2.45, 2.75) is 6.18 Å².